The van der Waals surface area contributed by atoms with Crippen LogP contribution in [-0.2, 0) is 10.8 Å². The summed E-state index contributed by atoms with van der Waals surface area (Å²) in [6.07, 6.45) is 3.78. The number of aliphatic hydroxyl groups is 1. The van der Waals surface area contributed by atoms with Gasteiger partial charge < -0.3 is 10.2 Å². The second-order valence-electron chi connectivity index (χ2n) is 10.8. The number of hydrogen-bond donors (Lipinski definition) is 2. The smallest absolute Gasteiger partial charge is 0.123 e. The molecule has 1 aliphatic rings. The predicted molar refractivity (Wildman–Crippen MR) is 127 cm³/mol. The molecule has 1 aliphatic heterocycles. The molecule has 5 heteroatoms. The lowest BCUT2D eigenvalue weighted by molar-refractivity contribution is 0.0943. The minimum absolute atomic E-state index is 0.0766. The molecule has 1 atom stereocenters. The molecule has 31 heavy (non-hydrogen) atoms. The van der Waals surface area contributed by atoms with E-state index in [4.69, 9.17) is 0 Å². The number of rotatable bonds is 5. The van der Waals surface area contributed by atoms with Crippen LogP contribution in [0.2, 0.25) is 0 Å². The summed E-state index contributed by atoms with van der Waals surface area (Å²) < 4.78 is 0. The number of phenols is 1. The van der Waals surface area contributed by atoms with Crippen molar-refractivity contribution in [2.45, 2.75) is 58.4 Å². The van der Waals surface area contributed by atoms with Crippen molar-refractivity contribution >= 4 is 0 Å². The van der Waals surface area contributed by atoms with Crippen molar-refractivity contribution in [1.82, 2.24) is 14.8 Å². The summed E-state index contributed by atoms with van der Waals surface area (Å²) in [5.41, 5.74) is 4.02. The van der Waals surface area contributed by atoms with Gasteiger partial charge in [-0.25, -0.2) is 0 Å². The number of phenolic OH excluding ortho intramolecular Hbond substituents is 1. The van der Waals surface area contributed by atoms with Crippen LogP contribution in [0, 0.1) is 0 Å². The highest BCUT2D eigenvalue weighted by Gasteiger charge is 2.31. The number of pyridine rings is 1. The van der Waals surface area contributed by atoms with Gasteiger partial charge in [0.1, 0.15) is 5.75 Å². The quantitative estimate of drug-likeness (QED) is 0.756. The molecule has 0 aliphatic carbocycles. The highest BCUT2D eigenvalue weighted by atomic mass is 16.3. The number of β-amino-alcohol motifs (C(OH)–C–C–N with tert-alkyl or cyclic N) is 1. The van der Waals surface area contributed by atoms with E-state index in [9.17, 15) is 10.2 Å². The normalized spacial score (nSPS) is 17.6. The van der Waals surface area contributed by atoms with Crippen LogP contribution in [0.15, 0.2) is 36.7 Å². The van der Waals surface area contributed by atoms with E-state index >= 15 is 0 Å². The molecule has 3 rings (SSSR count). The molecule has 1 saturated heterocycles. The molecule has 2 heterocycles. The molecule has 2 aromatic rings. The Balaban J connectivity index is 2.11. The first kappa shape index (κ1) is 23.7. The fourth-order valence-corrected chi connectivity index (χ4v) is 4.50. The van der Waals surface area contributed by atoms with E-state index < -0.39 is 0 Å². The van der Waals surface area contributed by atoms with E-state index in [0.717, 1.165) is 43.9 Å². The number of aromatic nitrogens is 1. The van der Waals surface area contributed by atoms with Gasteiger partial charge in [-0.15, -0.1) is 0 Å². The zero-order chi connectivity index (χ0) is 22.8. The minimum atomic E-state index is -0.167. The highest BCUT2D eigenvalue weighted by Crippen LogP contribution is 2.42. The summed E-state index contributed by atoms with van der Waals surface area (Å²) in [5.74, 6) is 0.418. The molecule has 1 aromatic heterocycles. The average molecular weight is 426 g/mol. The van der Waals surface area contributed by atoms with Crippen LogP contribution >= 0.6 is 0 Å². The van der Waals surface area contributed by atoms with Crippen molar-refractivity contribution in [1.29, 1.82) is 0 Å². The van der Waals surface area contributed by atoms with Crippen molar-refractivity contribution in [3.63, 3.8) is 0 Å². The van der Waals surface area contributed by atoms with Crippen LogP contribution in [0.3, 0.4) is 0 Å². The zero-order valence-electron chi connectivity index (χ0n) is 20.0. The number of benzene rings is 1. The molecule has 0 radical (unpaired) electrons. The van der Waals surface area contributed by atoms with Gasteiger partial charge in [-0.1, -0.05) is 47.6 Å². The maximum absolute atomic E-state index is 11.2. The Morgan fingerprint density at radius 3 is 1.97 bits per heavy atom. The van der Waals surface area contributed by atoms with Crippen LogP contribution in [0.1, 0.15) is 69.8 Å². The van der Waals surface area contributed by atoms with E-state index in [1.165, 1.54) is 11.1 Å². The van der Waals surface area contributed by atoms with Crippen LogP contribution in [0.4, 0.5) is 0 Å². The Labute approximate surface area is 187 Å². The number of nitrogens with zero attached hydrogens (tertiary/aromatic N) is 3. The monoisotopic (exact) mass is 425 g/mol. The van der Waals surface area contributed by atoms with E-state index in [0.29, 0.717) is 5.75 Å². The molecule has 0 spiro atoms. The maximum Gasteiger partial charge on any atom is 0.123 e. The molecule has 0 bridgehead atoms. The SMILES string of the molecule is CC(C)(C)c1cc([C@H](c2cccnc2)N2CCN(CCO)CC2)cc(C(C)(C)C)c1O. The third-order valence-corrected chi connectivity index (χ3v) is 6.25. The number of aromatic hydroxyl groups is 1. The lowest BCUT2D eigenvalue weighted by atomic mass is 9.77. The summed E-state index contributed by atoms with van der Waals surface area (Å²) in [7, 11) is 0. The second kappa shape index (κ2) is 9.27. The minimum Gasteiger partial charge on any atom is -0.507 e. The lowest BCUT2D eigenvalue weighted by Crippen LogP contribution is -2.48. The maximum atomic E-state index is 11.2. The molecular formula is C26H39N3O2. The number of hydrogen-bond acceptors (Lipinski definition) is 5. The summed E-state index contributed by atoms with van der Waals surface area (Å²) in [4.78, 5) is 9.24. The van der Waals surface area contributed by atoms with Gasteiger partial charge in [-0.2, -0.15) is 0 Å². The van der Waals surface area contributed by atoms with E-state index in [2.05, 4.69) is 74.5 Å². The predicted octanol–water partition coefficient (Wildman–Crippen LogP) is 4.08. The van der Waals surface area contributed by atoms with Crippen LogP contribution in [-0.4, -0.2) is 64.3 Å². The van der Waals surface area contributed by atoms with Crippen molar-refractivity contribution in [2.75, 3.05) is 39.3 Å². The van der Waals surface area contributed by atoms with Gasteiger partial charge in [-0.3, -0.25) is 14.8 Å². The van der Waals surface area contributed by atoms with Crippen LogP contribution in [0.5, 0.6) is 5.75 Å². The molecule has 5 nitrogen and oxygen atoms in total. The first-order valence-electron chi connectivity index (χ1n) is 11.4. The van der Waals surface area contributed by atoms with Gasteiger partial charge in [0.15, 0.2) is 0 Å². The molecule has 170 valence electrons. The average Bonchev–Trinajstić information content (AvgIpc) is 2.70. The van der Waals surface area contributed by atoms with Gasteiger partial charge >= 0.3 is 0 Å². The van der Waals surface area contributed by atoms with Crippen molar-refractivity contribution in [3.05, 3.63) is 58.9 Å². The van der Waals surface area contributed by atoms with Crippen molar-refractivity contribution < 1.29 is 10.2 Å². The fourth-order valence-electron chi connectivity index (χ4n) is 4.50. The Kier molecular flexibility index (Phi) is 7.09. The first-order chi connectivity index (χ1) is 14.5. The van der Waals surface area contributed by atoms with E-state index in [-0.39, 0.29) is 23.5 Å². The topological polar surface area (TPSA) is 59.8 Å². The molecule has 1 aromatic carbocycles. The molecule has 0 saturated carbocycles. The van der Waals surface area contributed by atoms with Gasteiger partial charge in [-0.05, 0) is 51.3 Å². The summed E-state index contributed by atoms with van der Waals surface area (Å²) >= 11 is 0. The van der Waals surface area contributed by atoms with Crippen LogP contribution < -0.4 is 0 Å². The summed E-state index contributed by atoms with van der Waals surface area (Å²) in [6, 6.07) is 8.62. The lowest BCUT2D eigenvalue weighted by Gasteiger charge is -2.40. The largest absolute Gasteiger partial charge is 0.507 e. The third kappa shape index (κ3) is 5.46. The summed E-state index contributed by atoms with van der Waals surface area (Å²) in [6.45, 7) is 17.6. The van der Waals surface area contributed by atoms with E-state index in [1.807, 2.05) is 18.5 Å². The fraction of sp³-hybridized carbons (Fsp3) is 0.577. The standard InChI is InChI=1S/C26H39N3O2/c1-25(2,3)21-16-20(17-22(24(21)31)26(4,5)6)23(19-8-7-9-27-18-19)29-12-10-28(11-13-29)14-15-30/h7-9,16-18,23,30-31H,10-15H2,1-6H3/t23-/m0/s1. The zero-order valence-corrected chi connectivity index (χ0v) is 20.0. The highest BCUT2D eigenvalue weighted by molar-refractivity contribution is 5.51. The van der Waals surface area contributed by atoms with Gasteiger partial charge in [0.25, 0.3) is 0 Å². The number of piperazine rings is 1. The molecular weight excluding hydrogens is 386 g/mol. The van der Waals surface area contributed by atoms with E-state index in [1.54, 1.807) is 0 Å². The Bertz CT molecular complexity index is 825. The number of aliphatic hydroxyl groups excluding tert-OH is 1. The Hall–Kier alpha value is -1.95. The first-order valence-corrected chi connectivity index (χ1v) is 11.4. The molecule has 0 unspecified atom stereocenters. The molecule has 0 amide bonds. The Morgan fingerprint density at radius 2 is 1.52 bits per heavy atom. The van der Waals surface area contributed by atoms with Gasteiger partial charge in [0.2, 0.25) is 0 Å². The van der Waals surface area contributed by atoms with Crippen molar-refractivity contribution in [2.24, 2.45) is 0 Å². The van der Waals surface area contributed by atoms with Gasteiger partial charge in [0, 0.05) is 45.1 Å². The molecule has 1 fully saturated rings. The molecule has 2 N–H and O–H groups in total. The van der Waals surface area contributed by atoms with Crippen molar-refractivity contribution in [3.8, 4) is 5.75 Å². The summed E-state index contributed by atoms with van der Waals surface area (Å²) in [5, 5.41) is 20.5. The second-order valence-corrected chi connectivity index (χ2v) is 10.8. The van der Waals surface area contributed by atoms with Gasteiger partial charge in [0.05, 0.1) is 12.6 Å². The Morgan fingerprint density at radius 1 is 0.935 bits per heavy atom. The third-order valence-electron chi connectivity index (χ3n) is 6.25. The van der Waals surface area contributed by atoms with Crippen LogP contribution in [0.25, 0.3) is 0 Å².